The zero-order valence-corrected chi connectivity index (χ0v) is 13.7. The Balaban J connectivity index is 1.97. The van der Waals surface area contributed by atoms with E-state index in [1.54, 1.807) is 7.11 Å². The molecular formula is C16H24BrNO. The van der Waals surface area contributed by atoms with Crippen molar-refractivity contribution < 1.29 is 4.74 Å². The summed E-state index contributed by atoms with van der Waals surface area (Å²) in [6.45, 7) is 4.69. The molecule has 0 atom stereocenters. The number of anilines is 1. The number of halogens is 1. The van der Waals surface area contributed by atoms with Gasteiger partial charge in [0.05, 0.1) is 12.8 Å². The van der Waals surface area contributed by atoms with E-state index in [4.69, 9.17) is 4.74 Å². The van der Waals surface area contributed by atoms with Crippen molar-refractivity contribution in [2.24, 2.45) is 11.8 Å². The van der Waals surface area contributed by atoms with E-state index in [-0.39, 0.29) is 0 Å². The fraction of sp³-hybridized carbons (Fsp3) is 0.625. The van der Waals surface area contributed by atoms with Gasteiger partial charge in [-0.3, -0.25) is 0 Å². The number of benzene rings is 1. The number of nitrogens with one attached hydrogen (secondary N) is 1. The minimum atomic E-state index is 0.582. The van der Waals surface area contributed by atoms with E-state index in [0.29, 0.717) is 6.04 Å². The molecule has 1 saturated carbocycles. The van der Waals surface area contributed by atoms with E-state index in [1.165, 1.54) is 25.7 Å². The van der Waals surface area contributed by atoms with Crippen LogP contribution in [0, 0.1) is 11.8 Å². The van der Waals surface area contributed by atoms with Gasteiger partial charge >= 0.3 is 0 Å². The minimum absolute atomic E-state index is 0.582. The fourth-order valence-corrected chi connectivity index (χ4v) is 3.30. The average molecular weight is 326 g/mol. The molecule has 1 aromatic carbocycles. The Hall–Kier alpha value is -0.700. The highest BCUT2D eigenvalue weighted by molar-refractivity contribution is 9.10. The summed E-state index contributed by atoms with van der Waals surface area (Å²) in [5, 5.41) is 3.65. The van der Waals surface area contributed by atoms with Crippen molar-refractivity contribution in [3.05, 3.63) is 22.7 Å². The van der Waals surface area contributed by atoms with Crippen molar-refractivity contribution in [3.63, 3.8) is 0 Å². The maximum Gasteiger partial charge on any atom is 0.142 e. The van der Waals surface area contributed by atoms with Crippen molar-refractivity contribution in [2.75, 3.05) is 12.4 Å². The Kier molecular flexibility index (Phi) is 5.14. The van der Waals surface area contributed by atoms with Crippen LogP contribution in [-0.4, -0.2) is 13.2 Å². The lowest BCUT2D eigenvalue weighted by atomic mass is 9.79. The van der Waals surface area contributed by atoms with Crippen LogP contribution >= 0.6 is 15.9 Å². The lowest BCUT2D eigenvalue weighted by Gasteiger charge is -2.32. The summed E-state index contributed by atoms with van der Waals surface area (Å²) in [7, 11) is 1.73. The minimum Gasteiger partial charge on any atom is -0.495 e. The van der Waals surface area contributed by atoms with Crippen LogP contribution in [0.15, 0.2) is 22.7 Å². The third kappa shape index (κ3) is 3.88. The summed E-state index contributed by atoms with van der Waals surface area (Å²) < 4.78 is 6.51. The Labute approximate surface area is 125 Å². The third-order valence-corrected chi connectivity index (χ3v) is 4.73. The highest BCUT2D eigenvalue weighted by atomic mass is 79.9. The molecule has 2 nitrogen and oxygen atoms in total. The summed E-state index contributed by atoms with van der Waals surface area (Å²) in [6, 6.07) is 6.71. The molecule has 0 spiro atoms. The molecule has 0 saturated heterocycles. The standard InChI is InChI=1S/C16H24BrNO/c1-11(2)12-4-7-14(8-5-12)18-15-10-13(17)6-9-16(15)19-3/h6,9-12,14,18H,4-5,7-8H2,1-3H3. The van der Waals surface area contributed by atoms with Gasteiger partial charge in [-0.1, -0.05) is 29.8 Å². The number of hydrogen-bond donors (Lipinski definition) is 1. The molecule has 1 aromatic rings. The van der Waals surface area contributed by atoms with Gasteiger partial charge in [0.15, 0.2) is 0 Å². The van der Waals surface area contributed by atoms with Crippen LogP contribution in [-0.2, 0) is 0 Å². The first kappa shape index (κ1) is 14.7. The van der Waals surface area contributed by atoms with Crippen LogP contribution < -0.4 is 10.1 Å². The molecule has 0 radical (unpaired) electrons. The molecule has 3 heteroatoms. The van der Waals surface area contributed by atoms with Crippen molar-refractivity contribution in [3.8, 4) is 5.75 Å². The Morgan fingerprint density at radius 1 is 1.21 bits per heavy atom. The summed E-state index contributed by atoms with van der Waals surface area (Å²) in [6.07, 6.45) is 5.20. The van der Waals surface area contributed by atoms with Crippen LogP contribution in [0.2, 0.25) is 0 Å². The maximum absolute atomic E-state index is 5.42. The normalized spacial score (nSPS) is 23.4. The highest BCUT2D eigenvalue weighted by Crippen LogP contribution is 2.34. The van der Waals surface area contributed by atoms with Gasteiger partial charge in [-0.15, -0.1) is 0 Å². The average Bonchev–Trinajstić information content (AvgIpc) is 2.39. The lowest BCUT2D eigenvalue weighted by molar-refractivity contribution is 0.266. The molecule has 0 bridgehead atoms. The van der Waals surface area contributed by atoms with Crippen LogP contribution in [0.4, 0.5) is 5.69 Å². The third-order valence-electron chi connectivity index (χ3n) is 4.24. The van der Waals surface area contributed by atoms with Crippen LogP contribution in [0.1, 0.15) is 39.5 Å². The van der Waals surface area contributed by atoms with Gasteiger partial charge in [-0.2, -0.15) is 0 Å². The fourth-order valence-electron chi connectivity index (χ4n) is 2.94. The van der Waals surface area contributed by atoms with E-state index < -0.39 is 0 Å². The molecular weight excluding hydrogens is 302 g/mol. The predicted octanol–water partition coefficient (Wildman–Crippen LogP) is 5.08. The summed E-state index contributed by atoms with van der Waals surface area (Å²) in [4.78, 5) is 0. The molecule has 0 unspecified atom stereocenters. The first-order chi connectivity index (χ1) is 9.10. The van der Waals surface area contributed by atoms with Gasteiger partial charge in [0, 0.05) is 10.5 Å². The van der Waals surface area contributed by atoms with Crippen molar-refractivity contribution >= 4 is 21.6 Å². The smallest absolute Gasteiger partial charge is 0.142 e. The van der Waals surface area contributed by atoms with E-state index in [0.717, 1.165) is 27.7 Å². The predicted molar refractivity (Wildman–Crippen MR) is 84.9 cm³/mol. The zero-order valence-electron chi connectivity index (χ0n) is 12.1. The summed E-state index contributed by atoms with van der Waals surface area (Å²) in [5.74, 6) is 2.65. The lowest BCUT2D eigenvalue weighted by Crippen LogP contribution is -2.28. The van der Waals surface area contributed by atoms with Gasteiger partial charge in [0.1, 0.15) is 5.75 Å². The van der Waals surface area contributed by atoms with Gasteiger partial charge in [-0.25, -0.2) is 0 Å². The molecule has 0 amide bonds. The quantitative estimate of drug-likeness (QED) is 0.833. The molecule has 1 N–H and O–H groups in total. The number of methoxy groups -OCH3 is 1. The van der Waals surface area contributed by atoms with Crippen molar-refractivity contribution in [2.45, 2.75) is 45.6 Å². The SMILES string of the molecule is COc1ccc(Br)cc1NC1CCC(C(C)C)CC1. The number of rotatable bonds is 4. The molecule has 0 heterocycles. The van der Waals surface area contributed by atoms with Gasteiger partial charge in [0.2, 0.25) is 0 Å². The summed E-state index contributed by atoms with van der Waals surface area (Å²) >= 11 is 3.52. The van der Waals surface area contributed by atoms with E-state index in [2.05, 4.69) is 41.2 Å². The first-order valence-electron chi connectivity index (χ1n) is 7.20. The molecule has 2 rings (SSSR count). The maximum atomic E-state index is 5.42. The zero-order chi connectivity index (χ0) is 13.8. The molecule has 1 aliphatic carbocycles. The highest BCUT2D eigenvalue weighted by Gasteiger charge is 2.23. The molecule has 106 valence electrons. The van der Waals surface area contributed by atoms with Crippen LogP contribution in [0.25, 0.3) is 0 Å². The second kappa shape index (κ2) is 6.65. The van der Waals surface area contributed by atoms with E-state index in [9.17, 15) is 0 Å². The second-order valence-corrected chi connectivity index (χ2v) is 6.76. The van der Waals surface area contributed by atoms with E-state index in [1.807, 2.05) is 12.1 Å². The van der Waals surface area contributed by atoms with Gasteiger partial charge in [0.25, 0.3) is 0 Å². The van der Waals surface area contributed by atoms with Crippen molar-refractivity contribution in [1.29, 1.82) is 0 Å². The molecule has 1 fully saturated rings. The second-order valence-electron chi connectivity index (χ2n) is 5.84. The molecule has 0 aromatic heterocycles. The monoisotopic (exact) mass is 325 g/mol. The van der Waals surface area contributed by atoms with E-state index >= 15 is 0 Å². The Morgan fingerprint density at radius 3 is 2.47 bits per heavy atom. The van der Waals surface area contributed by atoms with Crippen LogP contribution in [0.3, 0.4) is 0 Å². The number of hydrogen-bond acceptors (Lipinski definition) is 2. The Morgan fingerprint density at radius 2 is 1.89 bits per heavy atom. The largest absolute Gasteiger partial charge is 0.495 e. The summed E-state index contributed by atoms with van der Waals surface area (Å²) in [5.41, 5.74) is 1.10. The Bertz CT molecular complexity index is 411. The molecule has 19 heavy (non-hydrogen) atoms. The first-order valence-corrected chi connectivity index (χ1v) is 7.99. The van der Waals surface area contributed by atoms with Crippen molar-refractivity contribution in [1.82, 2.24) is 0 Å². The number of ether oxygens (including phenoxy) is 1. The topological polar surface area (TPSA) is 21.3 Å². The molecule has 0 aliphatic heterocycles. The van der Waals surface area contributed by atoms with Crippen LogP contribution in [0.5, 0.6) is 5.75 Å². The van der Waals surface area contributed by atoms with Gasteiger partial charge < -0.3 is 10.1 Å². The van der Waals surface area contributed by atoms with Gasteiger partial charge in [-0.05, 0) is 55.7 Å². The molecule has 1 aliphatic rings.